The highest BCUT2D eigenvalue weighted by Gasteiger charge is 2.36. The zero-order valence-electron chi connectivity index (χ0n) is 18.3. The zero-order valence-corrected chi connectivity index (χ0v) is 18.3. The second-order valence-electron chi connectivity index (χ2n) is 7.81. The lowest BCUT2D eigenvalue weighted by molar-refractivity contribution is 0.0937. The Morgan fingerprint density at radius 1 is 1.03 bits per heavy atom. The number of amides is 1. The number of ether oxygens (including phenoxy) is 2. The van der Waals surface area contributed by atoms with Crippen LogP contribution in [0.15, 0.2) is 39.5 Å². The van der Waals surface area contributed by atoms with Crippen LogP contribution in [0.1, 0.15) is 65.5 Å². The summed E-state index contributed by atoms with van der Waals surface area (Å²) in [6.07, 6.45) is 1.99. The van der Waals surface area contributed by atoms with Gasteiger partial charge in [-0.25, -0.2) is 0 Å². The van der Waals surface area contributed by atoms with Gasteiger partial charge in [0.15, 0.2) is 16.9 Å². The summed E-state index contributed by atoms with van der Waals surface area (Å²) in [5.41, 5.74) is 3.22. The van der Waals surface area contributed by atoms with E-state index in [0.29, 0.717) is 41.2 Å². The Morgan fingerprint density at radius 3 is 2.58 bits per heavy atom. The summed E-state index contributed by atoms with van der Waals surface area (Å²) >= 11 is 0. The second-order valence-corrected chi connectivity index (χ2v) is 7.81. The molecule has 0 radical (unpaired) electrons. The smallest absolute Gasteiger partial charge is 0.288 e. The number of carbonyl (C=O) groups is 1. The van der Waals surface area contributed by atoms with Gasteiger partial charge in [0.25, 0.3) is 5.91 Å². The van der Waals surface area contributed by atoms with E-state index < -0.39 is 6.04 Å². The predicted octanol–water partition coefficient (Wildman–Crippen LogP) is 4.82. The molecule has 0 spiro atoms. The number of unbranched alkanes of at least 4 members (excludes halogenated alkanes) is 1. The standard InChI is InChI=1S/C25H27NO5/c1-5-7-12-30-18-11-9-16(13-19(18)29-6-2)21-20-22(27)17-10-8-14(3)15(4)23(17)31-24(20)25(28)26-21/h8-11,13,21H,5-7,12H2,1-4H3,(H,26,28). The van der Waals surface area contributed by atoms with Crippen LogP contribution in [-0.2, 0) is 0 Å². The molecular formula is C25H27NO5. The number of hydrogen-bond acceptors (Lipinski definition) is 5. The van der Waals surface area contributed by atoms with Crippen molar-refractivity contribution in [3.63, 3.8) is 0 Å². The highest BCUT2D eigenvalue weighted by Crippen LogP contribution is 2.36. The van der Waals surface area contributed by atoms with Gasteiger partial charge in [-0.05, 0) is 62.1 Å². The Balaban J connectivity index is 1.80. The summed E-state index contributed by atoms with van der Waals surface area (Å²) in [7, 11) is 0. The maximum atomic E-state index is 13.4. The van der Waals surface area contributed by atoms with Gasteiger partial charge in [-0.1, -0.05) is 25.5 Å². The summed E-state index contributed by atoms with van der Waals surface area (Å²) in [4.78, 5) is 26.1. The lowest BCUT2D eigenvalue weighted by atomic mass is 9.97. The van der Waals surface area contributed by atoms with Gasteiger partial charge in [-0.15, -0.1) is 0 Å². The van der Waals surface area contributed by atoms with Crippen molar-refractivity contribution in [1.29, 1.82) is 0 Å². The third-order valence-electron chi connectivity index (χ3n) is 5.74. The van der Waals surface area contributed by atoms with Gasteiger partial charge in [-0.2, -0.15) is 0 Å². The third kappa shape index (κ3) is 3.67. The molecule has 1 aromatic heterocycles. The summed E-state index contributed by atoms with van der Waals surface area (Å²) in [5.74, 6) is 0.939. The van der Waals surface area contributed by atoms with Gasteiger partial charge in [0.2, 0.25) is 5.76 Å². The molecule has 0 saturated heterocycles. The summed E-state index contributed by atoms with van der Waals surface area (Å²) in [5, 5.41) is 3.38. The summed E-state index contributed by atoms with van der Waals surface area (Å²) in [6.45, 7) is 8.93. The van der Waals surface area contributed by atoms with Crippen LogP contribution < -0.4 is 20.2 Å². The highest BCUT2D eigenvalue weighted by atomic mass is 16.5. The predicted molar refractivity (Wildman–Crippen MR) is 119 cm³/mol. The molecule has 1 unspecified atom stereocenters. The number of rotatable bonds is 7. The molecule has 0 bridgehead atoms. The van der Waals surface area contributed by atoms with Crippen molar-refractivity contribution in [3.05, 3.63) is 68.6 Å². The van der Waals surface area contributed by atoms with Gasteiger partial charge < -0.3 is 19.2 Å². The van der Waals surface area contributed by atoms with E-state index in [1.54, 1.807) is 6.07 Å². The van der Waals surface area contributed by atoms with Crippen LogP contribution in [0.5, 0.6) is 11.5 Å². The number of fused-ring (bicyclic) bond motifs is 2. The molecule has 0 aliphatic carbocycles. The minimum Gasteiger partial charge on any atom is -0.490 e. The number of benzene rings is 2. The third-order valence-corrected chi connectivity index (χ3v) is 5.74. The molecule has 1 atom stereocenters. The van der Waals surface area contributed by atoms with Crippen LogP contribution in [0.2, 0.25) is 0 Å². The van der Waals surface area contributed by atoms with Gasteiger partial charge in [0.05, 0.1) is 30.2 Å². The summed E-state index contributed by atoms with van der Waals surface area (Å²) in [6, 6.07) is 8.57. The highest BCUT2D eigenvalue weighted by molar-refractivity contribution is 5.99. The molecule has 1 N–H and O–H groups in total. The molecule has 6 nitrogen and oxygen atoms in total. The molecule has 162 valence electrons. The van der Waals surface area contributed by atoms with Crippen LogP contribution in [0.3, 0.4) is 0 Å². The number of hydrogen-bond donors (Lipinski definition) is 1. The Kier molecular flexibility index (Phi) is 5.72. The van der Waals surface area contributed by atoms with E-state index in [9.17, 15) is 9.59 Å². The topological polar surface area (TPSA) is 77.8 Å². The normalized spacial score (nSPS) is 15.1. The first kappa shape index (κ1) is 21.0. The van der Waals surface area contributed by atoms with Gasteiger partial charge in [-0.3, -0.25) is 9.59 Å². The van der Waals surface area contributed by atoms with Gasteiger partial charge in [0, 0.05) is 0 Å². The first-order valence-corrected chi connectivity index (χ1v) is 10.7. The first-order valence-electron chi connectivity index (χ1n) is 10.7. The number of carbonyl (C=O) groups excluding carboxylic acids is 1. The van der Waals surface area contributed by atoms with E-state index >= 15 is 0 Å². The lowest BCUT2D eigenvalue weighted by Gasteiger charge is -2.16. The molecule has 6 heteroatoms. The van der Waals surface area contributed by atoms with Crippen molar-refractivity contribution >= 4 is 16.9 Å². The zero-order chi connectivity index (χ0) is 22.1. The lowest BCUT2D eigenvalue weighted by Crippen LogP contribution is -2.22. The summed E-state index contributed by atoms with van der Waals surface area (Å²) < 4.78 is 17.6. The van der Waals surface area contributed by atoms with Gasteiger partial charge in [0.1, 0.15) is 5.58 Å². The van der Waals surface area contributed by atoms with Crippen molar-refractivity contribution in [2.45, 2.75) is 46.6 Å². The molecule has 1 aliphatic heterocycles. The molecule has 4 rings (SSSR count). The maximum Gasteiger partial charge on any atom is 0.288 e. The van der Waals surface area contributed by atoms with Crippen LogP contribution in [-0.4, -0.2) is 19.1 Å². The fourth-order valence-electron chi connectivity index (χ4n) is 3.87. The molecular weight excluding hydrogens is 394 g/mol. The van der Waals surface area contributed by atoms with E-state index in [1.807, 2.05) is 45.0 Å². The van der Waals surface area contributed by atoms with E-state index in [4.69, 9.17) is 13.9 Å². The average molecular weight is 421 g/mol. The Labute approximate surface area is 181 Å². The molecule has 0 saturated carbocycles. The monoisotopic (exact) mass is 421 g/mol. The average Bonchev–Trinajstić information content (AvgIpc) is 3.09. The molecule has 31 heavy (non-hydrogen) atoms. The second kappa shape index (κ2) is 8.46. The van der Waals surface area contributed by atoms with Crippen molar-refractivity contribution < 1.29 is 18.7 Å². The van der Waals surface area contributed by atoms with E-state index in [2.05, 4.69) is 12.2 Å². The number of aryl methyl sites for hydroxylation is 2. The molecule has 0 fully saturated rings. The Bertz CT molecular complexity index is 1210. The quantitative estimate of drug-likeness (QED) is 0.554. The minimum absolute atomic E-state index is 0.0810. The Morgan fingerprint density at radius 2 is 1.84 bits per heavy atom. The molecule has 2 heterocycles. The van der Waals surface area contributed by atoms with Crippen LogP contribution in [0, 0.1) is 13.8 Å². The molecule has 2 aromatic carbocycles. The number of nitrogens with one attached hydrogen (secondary N) is 1. The first-order chi connectivity index (χ1) is 15.0. The van der Waals surface area contributed by atoms with Gasteiger partial charge >= 0.3 is 0 Å². The van der Waals surface area contributed by atoms with Crippen LogP contribution >= 0.6 is 0 Å². The Hall–Kier alpha value is -3.28. The minimum atomic E-state index is -0.603. The SMILES string of the molecule is CCCCOc1ccc(C2NC(=O)c3oc4c(C)c(C)ccc4c(=O)c32)cc1OCC. The molecule has 3 aromatic rings. The van der Waals surface area contributed by atoms with Crippen molar-refractivity contribution in [3.8, 4) is 11.5 Å². The fraction of sp³-hybridized carbons (Fsp3) is 0.360. The van der Waals surface area contributed by atoms with Crippen molar-refractivity contribution in [2.75, 3.05) is 13.2 Å². The largest absolute Gasteiger partial charge is 0.490 e. The molecule has 1 aliphatic rings. The van der Waals surface area contributed by atoms with Crippen molar-refractivity contribution in [2.24, 2.45) is 0 Å². The fourth-order valence-corrected chi connectivity index (χ4v) is 3.87. The van der Waals surface area contributed by atoms with Crippen LogP contribution in [0.25, 0.3) is 11.0 Å². The van der Waals surface area contributed by atoms with E-state index in [1.165, 1.54) is 0 Å². The van der Waals surface area contributed by atoms with E-state index in [0.717, 1.165) is 29.5 Å². The van der Waals surface area contributed by atoms with E-state index in [-0.39, 0.29) is 17.1 Å². The van der Waals surface area contributed by atoms with Crippen LogP contribution in [0.4, 0.5) is 0 Å². The van der Waals surface area contributed by atoms with Crippen molar-refractivity contribution in [1.82, 2.24) is 5.32 Å². The maximum absolute atomic E-state index is 13.4. The molecule has 1 amide bonds.